The summed E-state index contributed by atoms with van der Waals surface area (Å²) < 4.78 is 40.5. The van der Waals surface area contributed by atoms with Crippen molar-refractivity contribution in [2.45, 2.75) is 44.5 Å². The van der Waals surface area contributed by atoms with Crippen LogP contribution in [0.25, 0.3) is 0 Å². The molecule has 1 aliphatic rings. The lowest BCUT2D eigenvalue weighted by Gasteiger charge is -2.21. The summed E-state index contributed by atoms with van der Waals surface area (Å²) in [5.41, 5.74) is 1.00. The van der Waals surface area contributed by atoms with Gasteiger partial charge in [-0.3, -0.25) is 4.18 Å². The van der Waals surface area contributed by atoms with E-state index in [0.29, 0.717) is 6.61 Å². The van der Waals surface area contributed by atoms with Gasteiger partial charge < -0.3 is 9.47 Å². The molecule has 2 atom stereocenters. The lowest BCUT2D eigenvalue weighted by molar-refractivity contribution is -0.144. The van der Waals surface area contributed by atoms with Gasteiger partial charge >= 0.3 is 0 Å². The maximum Gasteiger partial charge on any atom is 0.296 e. The Morgan fingerprint density at radius 1 is 1.33 bits per heavy atom. The first kappa shape index (κ1) is 16.4. The molecular weight excluding hydrogens is 292 g/mol. The molecule has 118 valence electrons. The molecule has 1 aliphatic heterocycles. The standard InChI is InChI=1S/C15H22O5S/c1-11-5-7-13(8-6-11)21(16,17)19-9-12(2)14-10-18-15(3,4)20-14/h5-8,12,14H,9-10H2,1-4H3. The Kier molecular flexibility index (Phi) is 4.72. The lowest BCUT2D eigenvalue weighted by Crippen LogP contribution is -2.28. The van der Waals surface area contributed by atoms with Crippen molar-refractivity contribution >= 4 is 10.1 Å². The van der Waals surface area contributed by atoms with Crippen LogP contribution in [0.2, 0.25) is 0 Å². The van der Waals surface area contributed by atoms with Gasteiger partial charge in [0, 0.05) is 5.92 Å². The highest BCUT2D eigenvalue weighted by molar-refractivity contribution is 7.86. The van der Waals surface area contributed by atoms with Gasteiger partial charge in [-0.05, 0) is 32.9 Å². The van der Waals surface area contributed by atoms with Crippen LogP contribution in [0.5, 0.6) is 0 Å². The van der Waals surface area contributed by atoms with E-state index in [0.717, 1.165) is 5.56 Å². The molecule has 0 amide bonds. The summed E-state index contributed by atoms with van der Waals surface area (Å²) in [4.78, 5) is 0.171. The third kappa shape index (κ3) is 4.26. The van der Waals surface area contributed by atoms with Crippen molar-refractivity contribution in [3.8, 4) is 0 Å². The van der Waals surface area contributed by atoms with Crippen LogP contribution in [0.15, 0.2) is 29.2 Å². The van der Waals surface area contributed by atoms with Gasteiger partial charge in [0.25, 0.3) is 10.1 Å². The summed E-state index contributed by atoms with van der Waals surface area (Å²) in [5.74, 6) is -0.693. The molecule has 2 unspecified atom stereocenters. The zero-order chi connectivity index (χ0) is 15.7. The van der Waals surface area contributed by atoms with Crippen LogP contribution in [0, 0.1) is 12.8 Å². The van der Waals surface area contributed by atoms with Gasteiger partial charge in [0.05, 0.1) is 24.2 Å². The molecule has 6 heteroatoms. The fraction of sp³-hybridized carbons (Fsp3) is 0.600. The van der Waals surface area contributed by atoms with Gasteiger partial charge in [0.2, 0.25) is 0 Å². The van der Waals surface area contributed by atoms with Crippen LogP contribution in [-0.2, 0) is 23.8 Å². The minimum atomic E-state index is -3.73. The van der Waals surface area contributed by atoms with Gasteiger partial charge in [0.15, 0.2) is 5.79 Å². The number of aryl methyl sites for hydroxylation is 1. The van der Waals surface area contributed by atoms with Crippen LogP contribution in [0.4, 0.5) is 0 Å². The molecular formula is C15H22O5S. The Bertz CT molecular complexity index is 577. The predicted molar refractivity (Wildman–Crippen MR) is 78.4 cm³/mol. The molecule has 1 fully saturated rings. The third-order valence-electron chi connectivity index (χ3n) is 3.46. The Morgan fingerprint density at radius 3 is 2.48 bits per heavy atom. The van der Waals surface area contributed by atoms with Crippen LogP contribution in [-0.4, -0.2) is 33.5 Å². The van der Waals surface area contributed by atoms with E-state index in [1.54, 1.807) is 24.3 Å². The number of hydrogen-bond donors (Lipinski definition) is 0. The van der Waals surface area contributed by atoms with E-state index >= 15 is 0 Å². The molecule has 1 heterocycles. The lowest BCUT2D eigenvalue weighted by atomic mass is 10.1. The average Bonchev–Trinajstić information content (AvgIpc) is 2.77. The smallest absolute Gasteiger partial charge is 0.296 e. The first-order valence-corrected chi connectivity index (χ1v) is 8.38. The van der Waals surface area contributed by atoms with Crippen molar-refractivity contribution in [2.24, 2.45) is 5.92 Å². The highest BCUT2D eigenvalue weighted by Crippen LogP contribution is 2.27. The summed E-state index contributed by atoms with van der Waals surface area (Å²) in [6, 6.07) is 6.59. The molecule has 21 heavy (non-hydrogen) atoms. The summed E-state index contributed by atoms with van der Waals surface area (Å²) in [6.45, 7) is 7.98. The number of hydrogen-bond acceptors (Lipinski definition) is 5. The fourth-order valence-electron chi connectivity index (χ4n) is 2.07. The van der Waals surface area contributed by atoms with E-state index < -0.39 is 15.9 Å². The first-order valence-electron chi connectivity index (χ1n) is 6.97. The molecule has 0 radical (unpaired) electrons. The molecule has 0 aromatic heterocycles. The molecule has 5 nitrogen and oxygen atoms in total. The molecule has 1 aromatic carbocycles. The van der Waals surface area contributed by atoms with Gasteiger partial charge in [-0.15, -0.1) is 0 Å². The second kappa shape index (κ2) is 6.04. The topological polar surface area (TPSA) is 61.8 Å². The Balaban J connectivity index is 1.94. The Hall–Kier alpha value is -0.950. The van der Waals surface area contributed by atoms with E-state index in [2.05, 4.69) is 0 Å². The quantitative estimate of drug-likeness (QED) is 0.781. The summed E-state index contributed by atoms with van der Waals surface area (Å²) >= 11 is 0. The molecule has 2 rings (SSSR count). The third-order valence-corrected chi connectivity index (χ3v) is 4.76. The largest absolute Gasteiger partial charge is 0.348 e. The van der Waals surface area contributed by atoms with E-state index in [4.69, 9.17) is 13.7 Å². The second-order valence-electron chi connectivity index (χ2n) is 5.90. The molecule has 0 aliphatic carbocycles. The monoisotopic (exact) mass is 314 g/mol. The number of benzene rings is 1. The van der Waals surface area contributed by atoms with Crippen LogP contribution < -0.4 is 0 Å². The van der Waals surface area contributed by atoms with Gasteiger partial charge in [-0.2, -0.15) is 8.42 Å². The minimum absolute atomic E-state index is 0.0698. The van der Waals surface area contributed by atoms with Crippen molar-refractivity contribution in [1.29, 1.82) is 0 Å². The molecule has 1 saturated heterocycles. The Labute approximate surface area is 126 Å². The van der Waals surface area contributed by atoms with Crippen molar-refractivity contribution in [3.63, 3.8) is 0 Å². The Morgan fingerprint density at radius 2 is 1.95 bits per heavy atom. The van der Waals surface area contributed by atoms with Crippen LogP contribution >= 0.6 is 0 Å². The van der Waals surface area contributed by atoms with E-state index in [9.17, 15) is 8.42 Å². The van der Waals surface area contributed by atoms with Crippen molar-refractivity contribution in [3.05, 3.63) is 29.8 Å². The zero-order valence-corrected chi connectivity index (χ0v) is 13.6. The van der Waals surface area contributed by atoms with Crippen molar-refractivity contribution in [1.82, 2.24) is 0 Å². The second-order valence-corrected chi connectivity index (χ2v) is 7.51. The number of rotatable bonds is 5. The first-order chi connectivity index (χ1) is 9.70. The summed E-state index contributed by atoms with van der Waals surface area (Å²) in [7, 11) is -3.73. The van der Waals surface area contributed by atoms with Crippen molar-refractivity contribution in [2.75, 3.05) is 13.2 Å². The highest BCUT2D eigenvalue weighted by Gasteiger charge is 2.36. The van der Waals surface area contributed by atoms with Crippen LogP contribution in [0.1, 0.15) is 26.3 Å². The van der Waals surface area contributed by atoms with E-state index in [-0.39, 0.29) is 23.5 Å². The molecule has 1 aromatic rings. The molecule has 0 spiro atoms. The molecule has 0 bridgehead atoms. The summed E-state index contributed by atoms with van der Waals surface area (Å²) in [6.07, 6.45) is -0.159. The maximum absolute atomic E-state index is 12.1. The average molecular weight is 314 g/mol. The number of ether oxygens (including phenoxy) is 2. The van der Waals surface area contributed by atoms with E-state index in [1.807, 2.05) is 27.7 Å². The summed E-state index contributed by atoms with van der Waals surface area (Å²) in [5, 5.41) is 0. The van der Waals surface area contributed by atoms with Gasteiger partial charge in [-0.25, -0.2) is 0 Å². The maximum atomic E-state index is 12.1. The highest BCUT2D eigenvalue weighted by atomic mass is 32.2. The SMILES string of the molecule is Cc1ccc(S(=O)(=O)OCC(C)C2COC(C)(C)O2)cc1. The molecule has 0 N–H and O–H groups in total. The van der Waals surface area contributed by atoms with Crippen molar-refractivity contribution < 1.29 is 22.1 Å². The predicted octanol–water partition coefficient (Wildman–Crippen LogP) is 2.49. The fourth-order valence-corrected chi connectivity index (χ4v) is 3.07. The zero-order valence-electron chi connectivity index (χ0n) is 12.8. The van der Waals surface area contributed by atoms with E-state index in [1.165, 1.54) is 0 Å². The normalized spacial score (nSPS) is 23.1. The minimum Gasteiger partial charge on any atom is -0.348 e. The van der Waals surface area contributed by atoms with Gasteiger partial charge in [-0.1, -0.05) is 24.6 Å². The van der Waals surface area contributed by atoms with Crippen LogP contribution in [0.3, 0.4) is 0 Å². The van der Waals surface area contributed by atoms with Gasteiger partial charge in [0.1, 0.15) is 0 Å². The molecule has 0 saturated carbocycles.